The van der Waals surface area contributed by atoms with E-state index in [1.165, 1.54) is 12.8 Å². The molecule has 0 aromatic carbocycles. The molecule has 0 radical (unpaired) electrons. The Morgan fingerprint density at radius 3 is 2.71 bits per heavy atom. The molecule has 0 aromatic rings. The SMILES string of the molecule is CCS(=O)(=O)C1CSCCN1CC1CCC(C)(C)C1NC. The summed E-state index contributed by atoms with van der Waals surface area (Å²) in [7, 11) is -0.942. The molecule has 0 spiro atoms. The average molecular weight is 335 g/mol. The number of rotatable bonds is 5. The zero-order valence-electron chi connectivity index (χ0n) is 13.8. The molecule has 1 saturated heterocycles. The maximum absolute atomic E-state index is 12.3. The quantitative estimate of drug-likeness (QED) is 0.831. The first-order valence-corrected chi connectivity index (χ1v) is 10.9. The minimum atomic E-state index is -2.98. The maximum atomic E-state index is 12.3. The van der Waals surface area contributed by atoms with E-state index in [4.69, 9.17) is 0 Å². The van der Waals surface area contributed by atoms with Crippen molar-refractivity contribution >= 4 is 21.6 Å². The van der Waals surface area contributed by atoms with Crippen LogP contribution in [0, 0.1) is 11.3 Å². The van der Waals surface area contributed by atoms with Crippen LogP contribution in [-0.2, 0) is 9.84 Å². The van der Waals surface area contributed by atoms with E-state index in [2.05, 4.69) is 24.1 Å². The molecule has 1 heterocycles. The molecule has 3 atom stereocenters. The van der Waals surface area contributed by atoms with Crippen LogP contribution in [0.15, 0.2) is 0 Å². The summed E-state index contributed by atoms with van der Waals surface area (Å²) >= 11 is 1.78. The number of sulfone groups is 1. The van der Waals surface area contributed by atoms with Gasteiger partial charge in [0, 0.05) is 36.4 Å². The first-order chi connectivity index (χ1) is 9.81. The highest BCUT2D eigenvalue weighted by Crippen LogP contribution is 2.42. The summed E-state index contributed by atoms with van der Waals surface area (Å²) in [6.45, 7) is 8.23. The van der Waals surface area contributed by atoms with Gasteiger partial charge in [-0.2, -0.15) is 11.8 Å². The third-order valence-corrected chi connectivity index (χ3v) is 8.59. The van der Waals surface area contributed by atoms with Gasteiger partial charge in [0.15, 0.2) is 9.84 Å². The normalized spacial score (nSPS) is 34.2. The largest absolute Gasteiger partial charge is 0.316 e. The van der Waals surface area contributed by atoms with Crippen molar-refractivity contribution in [1.29, 1.82) is 0 Å². The van der Waals surface area contributed by atoms with Crippen molar-refractivity contribution < 1.29 is 8.42 Å². The molecule has 1 N–H and O–H groups in total. The topological polar surface area (TPSA) is 49.4 Å². The summed E-state index contributed by atoms with van der Waals surface area (Å²) in [5.41, 5.74) is 0.309. The van der Waals surface area contributed by atoms with Gasteiger partial charge in [-0.05, 0) is 31.2 Å². The third kappa shape index (κ3) is 3.77. The van der Waals surface area contributed by atoms with E-state index < -0.39 is 9.84 Å². The second-order valence-corrected chi connectivity index (χ2v) is 10.6. The molecule has 21 heavy (non-hydrogen) atoms. The fraction of sp³-hybridized carbons (Fsp3) is 1.00. The van der Waals surface area contributed by atoms with Crippen LogP contribution in [0.5, 0.6) is 0 Å². The number of hydrogen-bond acceptors (Lipinski definition) is 5. The van der Waals surface area contributed by atoms with Crippen LogP contribution in [-0.4, -0.2) is 62.1 Å². The number of nitrogens with one attached hydrogen (secondary N) is 1. The summed E-state index contributed by atoms with van der Waals surface area (Å²) in [6, 6.07) is 0.483. The fourth-order valence-electron chi connectivity index (χ4n) is 3.99. The van der Waals surface area contributed by atoms with E-state index >= 15 is 0 Å². The van der Waals surface area contributed by atoms with Gasteiger partial charge >= 0.3 is 0 Å². The van der Waals surface area contributed by atoms with Crippen LogP contribution >= 0.6 is 11.8 Å². The van der Waals surface area contributed by atoms with Gasteiger partial charge in [-0.25, -0.2) is 8.42 Å². The molecule has 3 unspecified atom stereocenters. The molecule has 124 valence electrons. The standard InChI is InChI=1S/C15H30N2O2S2/c1-5-21(18,19)13-11-20-9-8-17(13)10-12-6-7-15(2,3)14(12)16-4/h12-14,16H,5-11H2,1-4H3. The Kier molecular flexibility index (Phi) is 5.66. The maximum Gasteiger partial charge on any atom is 0.166 e. The van der Waals surface area contributed by atoms with Crippen LogP contribution in [0.1, 0.15) is 33.6 Å². The Morgan fingerprint density at radius 1 is 1.38 bits per heavy atom. The first kappa shape index (κ1) is 17.6. The summed E-state index contributed by atoms with van der Waals surface area (Å²) in [5.74, 6) is 2.59. The lowest BCUT2D eigenvalue weighted by molar-refractivity contribution is 0.186. The minimum Gasteiger partial charge on any atom is -0.316 e. The van der Waals surface area contributed by atoms with Crippen molar-refractivity contribution in [2.45, 2.75) is 45.0 Å². The van der Waals surface area contributed by atoms with E-state index in [1.807, 2.05) is 7.05 Å². The molecule has 1 aliphatic heterocycles. The lowest BCUT2D eigenvalue weighted by atomic mass is 9.85. The highest BCUT2D eigenvalue weighted by Gasteiger charge is 2.43. The van der Waals surface area contributed by atoms with Crippen LogP contribution in [0.4, 0.5) is 0 Å². The highest BCUT2D eigenvalue weighted by molar-refractivity contribution is 8.01. The van der Waals surface area contributed by atoms with E-state index in [0.717, 1.165) is 24.6 Å². The van der Waals surface area contributed by atoms with Crippen LogP contribution < -0.4 is 5.32 Å². The van der Waals surface area contributed by atoms with Crippen LogP contribution in [0.2, 0.25) is 0 Å². The Bertz CT molecular complexity index is 451. The Balaban J connectivity index is 2.10. The molecule has 0 amide bonds. The molecule has 4 nitrogen and oxygen atoms in total. The summed E-state index contributed by atoms with van der Waals surface area (Å²) in [4.78, 5) is 2.24. The average Bonchev–Trinajstić information content (AvgIpc) is 2.73. The van der Waals surface area contributed by atoms with Crippen molar-refractivity contribution in [3.63, 3.8) is 0 Å². The number of thioether (sulfide) groups is 1. The zero-order valence-corrected chi connectivity index (χ0v) is 15.4. The smallest absolute Gasteiger partial charge is 0.166 e. The lowest BCUT2D eigenvalue weighted by Gasteiger charge is -2.38. The molecule has 2 rings (SSSR count). The molecule has 1 aliphatic carbocycles. The fourth-order valence-corrected chi connectivity index (χ4v) is 7.08. The lowest BCUT2D eigenvalue weighted by Crippen LogP contribution is -2.52. The second-order valence-electron chi connectivity index (χ2n) is 7.03. The number of hydrogen-bond donors (Lipinski definition) is 1. The van der Waals surface area contributed by atoms with Gasteiger partial charge in [0.05, 0.1) is 0 Å². The van der Waals surface area contributed by atoms with Gasteiger partial charge in [0.1, 0.15) is 5.37 Å². The molecule has 2 fully saturated rings. The summed E-state index contributed by atoms with van der Waals surface area (Å²) in [6.07, 6.45) is 2.41. The second kappa shape index (κ2) is 6.77. The van der Waals surface area contributed by atoms with Gasteiger partial charge in [-0.15, -0.1) is 0 Å². The predicted octanol–water partition coefficient (Wildman–Crippen LogP) is 1.82. The van der Waals surface area contributed by atoms with Crippen LogP contribution in [0.3, 0.4) is 0 Å². The van der Waals surface area contributed by atoms with Crippen molar-refractivity contribution in [3.8, 4) is 0 Å². The molecule has 2 aliphatic rings. The van der Waals surface area contributed by atoms with Gasteiger partial charge in [-0.1, -0.05) is 20.8 Å². The van der Waals surface area contributed by atoms with Crippen LogP contribution in [0.25, 0.3) is 0 Å². The van der Waals surface area contributed by atoms with Gasteiger partial charge in [-0.3, -0.25) is 4.90 Å². The number of nitrogens with zero attached hydrogens (tertiary/aromatic N) is 1. The van der Waals surface area contributed by atoms with E-state index in [0.29, 0.717) is 17.4 Å². The molecule has 1 saturated carbocycles. The Hall–Kier alpha value is 0.220. The first-order valence-electron chi connectivity index (χ1n) is 8.02. The highest BCUT2D eigenvalue weighted by atomic mass is 32.2. The van der Waals surface area contributed by atoms with Gasteiger partial charge in [0.2, 0.25) is 0 Å². The Labute approximate surface area is 134 Å². The van der Waals surface area contributed by atoms with Crippen molar-refractivity contribution in [2.75, 3.05) is 37.4 Å². The molecular weight excluding hydrogens is 304 g/mol. The van der Waals surface area contributed by atoms with E-state index in [9.17, 15) is 8.42 Å². The van der Waals surface area contributed by atoms with E-state index in [-0.39, 0.29) is 11.1 Å². The zero-order chi connectivity index (χ0) is 15.7. The molecule has 0 aromatic heterocycles. The molecule has 6 heteroatoms. The predicted molar refractivity (Wildman–Crippen MR) is 91.5 cm³/mol. The summed E-state index contributed by atoms with van der Waals surface area (Å²) in [5, 5.41) is 3.20. The monoisotopic (exact) mass is 334 g/mol. The third-order valence-electron chi connectivity index (χ3n) is 5.26. The van der Waals surface area contributed by atoms with Gasteiger partial charge < -0.3 is 5.32 Å². The molecular formula is C15H30N2O2S2. The van der Waals surface area contributed by atoms with E-state index in [1.54, 1.807) is 18.7 Å². The molecule has 0 bridgehead atoms. The van der Waals surface area contributed by atoms with Crippen molar-refractivity contribution in [2.24, 2.45) is 11.3 Å². The van der Waals surface area contributed by atoms with Crippen molar-refractivity contribution in [3.05, 3.63) is 0 Å². The van der Waals surface area contributed by atoms with Crippen molar-refractivity contribution in [1.82, 2.24) is 10.2 Å². The van der Waals surface area contributed by atoms with Gasteiger partial charge in [0.25, 0.3) is 0 Å². The minimum absolute atomic E-state index is 0.250. The summed E-state index contributed by atoms with van der Waals surface area (Å²) < 4.78 is 24.7. The Morgan fingerprint density at radius 2 is 2.10 bits per heavy atom.